The molecule has 4 nitrogen and oxygen atoms in total. The molecule has 5 heteroatoms. The van der Waals surface area contributed by atoms with Gasteiger partial charge in [-0.2, -0.15) is 0 Å². The van der Waals surface area contributed by atoms with Crippen LogP contribution in [0, 0.1) is 5.41 Å². The van der Waals surface area contributed by atoms with Crippen LogP contribution in [0.25, 0.3) is 0 Å². The Morgan fingerprint density at radius 3 is 2.89 bits per heavy atom. The maximum atomic E-state index is 11.6. The fourth-order valence-electron chi connectivity index (χ4n) is 2.59. The Hall–Kier alpha value is -1.07. The highest BCUT2D eigenvalue weighted by Crippen LogP contribution is 2.33. The van der Waals surface area contributed by atoms with Gasteiger partial charge in [0.2, 0.25) is 0 Å². The van der Waals surface area contributed by atoms with Gasteiger partial charge < -0.3 is 15.2 Å². The fourth-order valence-corrected chi connectivity index (χ4v) is 3.18. The summed E-state index contributed by atoms with van der Waals surface area (Å²) in [6.45, 7) is 1.44. The number of nitrogens with one attached hydrogen (secondary N) is 1. The van der Waals surface area contributed by atoms with E-state index in [9.17, 15) is 9.90 Å². The topological polar surface area (TPSA) is 58.6 Å². The minimum absolute atomic E-state index is 0.534. The molecule has 0 bridgehead atoms. The van der Waals surface area contributed by atoms with Gasteiger partial charge in [-0.05, 0) is 59.4 Å². The number of aliphatic carboxylic acids is 1. The lowest BCUT2D eigenvalue weighted by molar-refractivity contribution is -0.150. The van der Waals surface area contributed by atoms with E-state index in [1.165, 1.54) is 0 Å². The van der Waals surface area contributed by atoms with Crippen molar-refractivity contribution in [3.05, 3.63) is 28.2 Å². The quantitative estimate of drug-likeness (QED) is 0.891. The smallest absolute Gasteiger partial charge is 0.311 e. The third-order valence-electron chi connectivity index (χ3n) is 3.68. The number of rotatable bonds is 4. The number of benzene rings is 1. The molecule has 1 unspecified atom stereocenters. The molecule has 0 aromatic heterocycles. The van der Waals surface area contributed by atoms with Crippen LogP contribution >= 0.6 is 15.9 Å². The average molecular weight is 328 g/mol. The highest BCUT2D eigenvalue weighted by molar-refractivity contribution is 9.10. The molecule has 2 N–H and O–H groups in total. The minimum Gasteiger partial charge on any atom is -0.496 e. The van der Waals surface area contributed by atoms with Gasteiger partial charge in [-0.1, -0.05) is 6.07 Å². The fraction of sp³-hybridized carbons (Fsp3) is 0.500. The number of carboxylic acids is 1. The maximum Gasteiger partial charge on any atom is 0.311 e. The van der Waals surface area contributed by atoms with Gasteiger partial charge in [-0.15, -0.1) is 0 Å². The molecule has 1 heterocycles. The van der Waals surface area contributed by atoms with Crippen molar-refractivity contribution in [3.8, 4) is 5.75 Å². The molecule has 0 saturated carbocycles. The highest BCUT2D eigenvalue weighted by atomic mass is 79.9. The second-order valence-electron chi connectivity index (χ2n) is 5.01. The monoisotopic (exact) mass is 327 g/mol. The number of carbonyl (C=O) groups is 1. The van der Waals surface area contributed by atoms with Gasteiger partial charge in [0, 0.05) is 6.54 Å². The molecule has 2 rings (SSSR count). The largest absolute Gasteiger partial charge is 0.496 e. The summed E-state index contributed by atoms with van der Waals surface area (Å²) in [5.74, 6) is 0.0431. The summed E-state index contributed by atoms with van der Waals surface area (Å²) in [7, 11) is 1.61. The van der Waals surface area contributed by atoms with E-state index in [2.05, 4.69) is 21.2 Å². The average Bonchev–Trinajstić information content (AvgIpc) is 2.40. The van der Waals surface area contributed by atoms with Crippen molar-refractivity contribution < 1.29 is 14.6 Å². The molecule has 0 aliphatic carbocycles. The molecular weight excluding hydrogens is 310 g/mol. The van der Waals surface area contributed by atoms with E-state index in [1.54, 1.807) is 7.11 Å². The van der Waals surface area contributed by atoms with Crippen molar-refractivity contribution in [2.75, 3.05) is 20.2 Å². The Bertz CT molecular complexity index is 470. The first-order chi connectivity index (χ1) is 9.07. The van der Waals surface area contributed by atoms with Crippen molar-refractivity contribution >= 4 is 21.9 Å². The van der Waals surface area contributed by atoms with E-state index >= 15 is 0 Å². The number of ether oxygens (including phenoxy) is 1. The van der Waals surface area contributed by atoms with Crippen LogP contribution in [0.2, 0.25) is 0 Å². The van der Waals surface area contributed by atoms with Gasteiger partial charge >= 0.3 is 5.97 Å². The van der Waals surface area contributed by atoms with E-state index < -0.39 is 11.4 Å². The number of hydrogen-bond acceptors (Lipinski definition) is 3. The second kappa shape index (κ2) is 5.92. The first-order valence-electron chi connectivity index (χ1n) is 6.34. The number of halogens is 1. The van der Waals surface area contributed by atoms with Crippen molar-refractivity contribution in [2.24, 2.45) is 5.41 Å². The molecule has 1 aromatic rings. The predicted octanol–water partition coefficient (Wildman–Crippen LogP) is 2.45. The summed E-state index contributed by atoms with van der Waals surface area (Å²) in [5, 5.41) is 12.7. The third kappa shape index (κ3) is 3.09. The molecule has 1 aromatic carbocycles. The normalized spacial score (nSPS) is 23.1. The van der Waals surface area contributed by atoms with Gasteiger partial charge in [0.1, 0.15) is 5.75 Å². The summed E-state index contributed by atoms with van der Waals surface area (Å²) < 4.78 is 6.05. The van der Waals surface area contributed by atoms with E-state index in [-0.39, 0.29) is 0 Å². The number of methoxy groups -OCH3 is 1. The molecule has 1 aliphatic heterocycles. The minimum atomic E-state index is -0.716. The van der Waals surface area contributed by atoms with E-state index in [0.29, 0.717) is 13.0 Å². The van der Waals surface area contributed by atoms with Gasteiger partial charge in [0.05, 0.1) is 17.0 Å². The Morgan fingerprint density at radius 1 is 1.58 bits per heavy atom. The van der Waals surface area contributed by atoms with E-state index in [0.717, 1.165) is 35.2 Å². The summed E-state index contributed by atoms with van der Waals surface area (Å²) in [5.41, 5.74) is 0.325. The molecule has 1 atom stereocenters. The number of carboxylic acid groups (broad SMARTS) is 1. The Morgan fingerprint density at radius 2 is 2.37 bits per heavy atom. The van der Waals surface area contributed by atoms with Crippen molar-refractivity contribution in [1.82, 2.24) is 5.32 Å². The van der Waals surface area contributed by atoms with Crippen LogP contribution in [-0.4, -0.2) is 31.3 Å². The van der Waals surface area contributed by atoms with Gasteiger partial charge in [-0.3, -0.25) is 4.79 Å². The molecule has 0 spiro atoms. The lowest BCUT2D eigenvalue weighted by Gasteiger charge is -2.33. The molecule has 1 saturated heterocycles. The summed E-state index contributed by atoms with van der Waals surface area (Å²) in [4.78, 5) is 11.6. The molecule has 0 amide bonds. The van der Waals surface area contributed by atoms with E-state index in [1.807, 2.05) is 18.2 Å². The first-order valence-corrected chi connectivity index (χ1v) is 7.13. The predicted molar refractivity (Wildman–Crippen MR) is 76.6 cm³/mol. The first kappa shape index (κ1) is 14.3. The van der Waals surface area contributed by atoms with Crippen molar-refractivity contribution in [2.45, 2.75) is 19.3 Å². The van der Waals surface area contributed by atoms with Crippen LogP contribution < -0.4 is 10.1 Å². The SMILES string of the molecule is COc1ccc(CC2(C(=O)O)CCCNC2)cc1Br. The maximum absolute atomic E-state index is 11.6. The Labute approximate surface area is 121 Å². The van der Waals surface area contributed by atoms with Gasteiger partial charge in [0.25, 0.3) is 0 Å². The number of piperidine rings is 1. The van der Waals surface area contributed by atoms with E-state index in [4.69, 9.17) is 4.74 Å². The lowest BCUT2D eigenvalue weighted by atomic mass is 9.76. The summed E-state index contributed by atoms with van der Waals surface area (Å²) >= 11 is 3.44. The molecule has 19 heavy (non-hydrogen) atoms. The number of hydrogen-bond donors (Lipinski definition) is 2. The zero-order valence-electron chi connectivity index (χ0n) is 10.9. The zero-order chi connectivity index (χ0) is 13.9. The van der Waals surface area contributed by atoms with Crippen LogP contribution in [0.4, 0.5) is 0 Å². The molecule has 1 fully saturated rings. The summed E-state index contributed by atoms with van der Waals surface area (Å²) in [6.07, 6.45) is 2.17. The molecular formula is C14H18BrNO3. The molecule has 0 radical (unpaired) electrons. The van der Waals surface area contributed by atoms with Crippen LogP contribution in [-0.2, 0) is 11.2 Å². The second-order valence-corrected chi connectivity index (χ2v) is 5.87. The highest BCUT2D eigenvalue weighted by Gasteiger charge is 2.39. The standard InChI is InChI=1S/C14H18BrNO3/c1-19-12-4-3-10(7-11(12)15)8-14(13(17)18)5-2-6-16-9-14/h3-4,7,16H,2,5-6,8-9H2,1H3,(H,17,18). The van der Waals surface area contributed by atoms with Gasteiger partial charge in [0.15, 0.2) is 0 Å². The van der Waals surface area contributed by atoms with Crippen molar-refractivity contribution in [1.29, 1.82) is 0 Å². The van der Waals surface area contributed by atoms with Crippen LogP contribution in [0.1, 0.15) is 18.4 Å². The molecule has 104 valence electrons. The summed E-state index contributed by atoms with van der Waals surface area (Å²) in [6, 6.07) is 5.74. The van der Waals surface area contributed by atoms with Gasteiger partial charge in [-0.25, -0.2) is 0 Å². The van der Waals surface area contributed by atoms with Crippen LogP contribution in [0.5, 0.6) is 5.75 Å². The zero-order valence-corrected chi connectivity index (χ0v) is 12.5. The molecule has 1 aliphatic rings. The van der Waals surface area contributed by atoms with Crippen molar-refractivity contribution in [3.63, 3.8) is 0 Å². The Balaban J connectivity index is 2.22. The van der Waals surface area contributed by atoms with Crippen LogP contribution in [0.3, 0.4) is 0 Å². The Kier molecular flexibility index (Phi) is 4.47. The third-order valence-corrected chi connectivity index (χ3v) is 4.30. The lowest BCUT2D eigenvalue weighted by Crippen LogP contribution is -2.47. The van der Waals surface area contributed by atoms with Crippen LogP contribution in [0.15, 0.2) is 22.7 Å².